The van der Waals surface area contributed by atoms with E-state index in [4.69, 9.17) is 5.26 Å². The number of fused-ring (bicyclic) bond motifs is 1. The fraction of sp³-hybridized carbons (Fsp3) is 0.375. The molecule has 0 radical (unpaired) electrons. The van der Waals surface area contributed by atoms with E-state index in [-0.39, 0.29) is 17.7 Å². The van der Waals surface area contributed by atoms with E-state index in [1.807, 2.05) is 54.7 Å². The van der Waals surface area contributed by atoms with Crippen LogP contribution in [-0.4, -0.2) is 27.9 Å². The van der Waals surface area contributed by atoms with Gasteiger partial charge in [0.1, 0.15) is 0 Å². The van der Waals surface area contributed by atoms with Gasteiger partial charge in [-0.3, -0.25) is 9.59 Å². The first-order chi connectivity index (χ1) is 19.5. The zero-order chi connectivity index (χ0) is 28.3. The number of imidazole rings is 1. The molecule has 0 spiro atoms. The van der Waals surface area contributed by atoms with Gasteiger partial charge in [-0.15, -0.1) is 11.3 Å². The van der Waals surface area contributed by atoms with Crippen molar-refractivity contribution in [2.45, 2.75) is 65.3 Å². The van der Waals surface area contributed by atoms with E-state index < -0.39 is 0 Å². The van der Waals surface area contributed by atoms with Gasteiger partial charge in [0.2, 0.25) is 5.91 Å². The fourth-order valence-corrected chi connectivity index (χ4v) is 5.66. The van der Waals surface area contributed by atoms with Crippen molar-refractivity contribution >= 4 is 38.9 Å². The predicted octanol–water partition coefficient (Wildman–Crippen LogP) is 6.93. The molecule has 1 unspecified atom stereocenters. The Hall–Kier alpha value is -3.96. The quantitative estimate of drug-likeness (QED) is 0.165. The first kappa shape index (κ1) is 29.0. The molecule has 1 atom stereocenters. The molecule has 40 heavy (non-hydrogen) atoms. The van der Waals surface area contributed by atoms with Gasteiger partial charge in [-0.2, -0.15) is 5.26 Å². The Morgan fingerprint density at radius 3 is 2.60 bits per heavy atom. The largest absolute Gasteiger partial charge is 0.351 e. The molecule has 2 aromatic heterocycles. The van der Waals surface area contributed by atoms with Crippen LogP contribution in [0.3, 0.4) is 0 Å². The van der Waals surface area contributed by atoms with Gasteiger partial charge in [-0.25, -0.2) is 4.98 Å². The third-order valence-corrected chi connectivity index (χ3v) is 8.16. The Labute approximate surface area is 240 Å². The van der Waals surface area contributed by atoms with Crippen LogP contribution >= 0.6 is 11.3 Å². The van der Waals surface area contributed by atoms with Gasteiger partial charge in [-0.1, -0.05) is 51.7 Å². The van der Waals surface area contributed by atoms with Gasteiger partial charge in [0.05, 0.1) is 22.8 Å². The molecule has 2 N–H and O–H groups in total. The van der Waals surface area contributed by atoms with Crippen molar-refractivity contribution in [3.63, 3.8) is 0 Å². The number of thiophene rings is 1. The monoisotopic (exact) mass is 555 g/mol. The smallest absolute Gasteiger partial charge is 0.261 e. The Balaban J connectivity index is 1.46. The van der Waals surface area contributed by atoms with Crippen LogP contribution in [0.2, 0.25) is 0 Å². The van der Waals surface area contributed by atoms with Crippen molar-refractivity contribution in [1.29, 1.82) is 5.26 Å². The normalized spacial score (nSPS) is 11.7. The number of hydrogen-bond donors (Lipinski definition) is 2. The minimum atomic E-state index is -0.193. The number of carbonyl (C=O) groups is 2. The summed E-state index contributed by atoms with van der Waals surface area (Å²) in [6.07, 6.45) is 10.2. The molecule has 0 bridgehead atoms. The molecular weight excluding hydrogens is 518 g/mol. The Kier molecular flexibility index (Phi) is 10.5. The number of anilines is 1. The molecule has 0 saturated carbocycles. The van der Waals surface area contributed by atoms with E-state index in [1.54, 1.807) is 6.33 Å². The maximum Gasteiger partial charge on any atom is 0.261 e. The first-order valence-electron chi connectivity index (χ1n) is 14.1. The maximum atomic E-state index is 13.5. The minimum absolute atomic E-state index is 0.00524. The number of nitriles is 1. The van der Waals surface area contributed by atoms with Crippen LogP contribution in [0.25, 0.3) is 10.1 Å². The van der Waals surface area contributed by atoms with Gasteiger partial charge < -0.3 is 15.2 Å². The van der Waals surface area contributed by atoms with Crippen molar-refractivity contribution in [3.8, 4) is 6.07 Å². The van der Waals surface area contributed by atoms with Crippen LogP contribution in [0, 0.1) is 17.2 Å². The molecule has 7 nitrogen and oxygen atoms in total. The summed E-state index contributed by atoms with van der Waals surface area (Å²) in [6.45, 7) is 5.57. The third-order valence-electron chi connectivity index (χ3n) is 7.04. The lowest BCUT2D eigenvalue weighted by Crippen LogP contribution is -2.25. The van der Waals surface area contributed by atoms with Crippen molar-refractivity contribution in [3.05, 3.63) is 82.8 Å². The van der Waals surface area contributed by atoms with Crippen LogP contribution in [0.15, 0.2) is 61.1 Å². The average Bonchev–Trinajstić information content (AvgIpc) is 3.59. The van der Waals surface area contributed by atoms with E-state index in [2.05, 4.69) is 40.1 Å². The lowest BCUT2D eigenvalue weighted by Gasteiger charge is -2.18. The third kappa shape index (κ3) is 7.80. The van der Waals surface area contributed by atoms with Gasteiger partial charge in [-0.05, 0) is 60.2 Å². The SMILES string of the molecule is CCCCCC(Cc1cncn1Cc1ccc(C#N)cc1)C(=O)Nc1ccc2sc(C(=O)NCCCC)cc2c1. The molecule has 0 saturated heterocycles. The molecule has 0 aliphatic rings. The van der Waals surface area contributed by atoms with Crippen LogP contribution in [0.4, 0.5) is 5.69 Å². The maximum absolute atomic E-state index is 13.5. The van der Waals surface area contributed by atoms with Crippen molar-refractivity contribution in [1.82, 2.24) is 14.9 Å². The number of aromatic nitrogens is 2. The number of nitrogens with zero attached hydrogens (tertiary/aromatic N) is 3. The van der Waals surface area contributed by atoms with E-state index >= 15 is 0 Å². The summed E-state index contributed by atoms with van der Waals surface area (Å²) in [6, 6.07) is 17.4. The van der Waals surface area contributed by atoms with Crippen LogP contribution in [0.1, 0.15) is 78.9 Å². The molecular formula is C32H37N5O2S. The molecule has 2 amide bonds. The molecule has 4 aromatic rings. The lowest BCUT2D eigenvalue weighted by atomic mass is 9.95. The zero-order valence-electron chi connectivity index (χ0n) is 23.3. The van der Waals surface area contributed by atoms with E-state index in [9.17, 15) is 9.59 Å². The Morgan fingerprint density at radius 1 is 1.05 bits per heavy atom. The van der Waals surface area contributed by atoms with Gasteiger partial charge in [0, 0.05) is 47.7 Å². The van der Waals surface area contributed by atoms with Crippen molar-refractivity contribution < 1.29 is 9.59 Å². The number of rotatable bonds is 14. The van der Waals surface area contributed by atoms with Gasteiger partial charge in [0.15, 0.2) is 0 Å². The topological polar surface area (TPSA) is 99.8 Å². The molecule has 0 fully saturated rings. The Morgan fingerprint density at radius 2 is 1.85 bits per heavy atom. The highest BCUT2D eigenvalue weighted by atomic mass is 32.1. The molecule has 8 heteroatoms. The van der Waals surface area contributed by atoms with Crippen LogP contribution in [0.5, 0.6) is 0 Å². The van der Waals surface area contributed by atoms with E-state index in [0.29, 0.717) is 30.0 Å². The summed E-state index contributed by atoms with van der Waals surface area (Å²) in [5, 5.41) is 16.1. The number of unbranched alkanes of at least 4 members (excludes halogenated alkanes) is 3. The number of carbonyl (C=O) groups excluding carboxylic acids is 2. The van der Waals surface area contributed by atoms with Gasteiger partial charge in [0.25, 0.3) is 5.91 Å². The molecule has 0 aliphatic carbocycles. The zero-order valence-corrected chi connectivity index (χ0v) is 24.1. The lowest BCUT2D eigenvalue weighted by molar-refractivity contribution is -0.120. The summed E-state index contributed by atoms with van der Waals surface area (Å²) >= 11 is 1.47. The number of amides is 2. The van der Waals surface area contributed by atoms with Crippen molar-refractivity contribution in [2.24, 2.45) is 5.92 Å². The average molecular weight is 556 g/mol. The number of benzene rings is 2. The Bertz CT molecular complexity index is 1460. The summed E-state index contributed by atoms with van der Waals surface area (Å²) in [4.78, 5) is 31.1. The van der Waals surface area contributed by atoms with Gasteiger partial charge >= 0.3 is 0 Å². The molecule has 208 valence electrons. The van der Waals surface area contributed by atoms with Crippen molar-refractivity contribution in [2.75, 3.05) is 11.9 Å². The molecule has 2 heterocycles. The van der Waals surface area contributed by atoms with E-state index in [0.717, 1.165) is 65.6 Å². The molecule has 0 aliphatic heterocycles. The fourth-order valence-electron chi connectivity index (χ4n) is 4.70. The highest BCUT2D eigenvalue weighted by Gasteiger charge is 2.21. The standard InChI is InChI=1S/C32H37N5O2S/c1-3-5-7-8-25(17-28-20-34-22-37(28)21-24-11-9-23(19-33)10-12-24)31(38)36-27-13-14-29-26(16-27)18-30(40-29)32(39)35-15-6-4-2/h9-14,16,18,20,22,25H,3-8,15,17,21H2,1-2H3,(H,35,39)(H,36,38). The first-order valence-corrected chi connectivity index (χ1v) is 14.9. The number of hydrogen-bond acceptors (Lipinski definition) is 5. The minimum Gasteiger partial charge on any atom is -0.351 e. The highest BCUT2D eigenvalue weighted by Crippen LogP contribution is 2.29. The predicted molar refractivity (Wildman–Crippen MR) is 162 cm³/mol. The highest BCUT2D eigenvalue weighted by molar-refractivity contribution is 7.20. The second kappa shape index (κ2) is 14.4. The summed E-state index contributed by atoms with van der Waals surface area (Å²) in [5.41, 5.74) is 3.45. The van der Waals surface area contributed by atoms with Crippen LogP contribution < -0.4 is 10.6 Å². The second-order valence-electron chi connectivity index (χ2n) is 10.2. The summed E-state index contributed by atoms with van der Waals surface area (Å²) in [7, 11) is 0. The second-order valence-corrected chi connectivity index (χ2v) is 11.3. The van der Waals surface area contributed by atoms with Crippen LogP contribution in [-0.2, 0) is 17.8 Å². The summed E-state index contributed by atoms with van der Waals surface area (Å²) < 4.78 is 3.09. The van der Waals surface area contributed by atoms with E-state index in [1.165, 1.54) is 11.3 Å². The molecule has 4 rings (SSSR count). The number of nitrogens with one attached hydrogen (secondary N) is 2. The summed E-state index contributed by atoms with van der Waals surface area (Å²) in [5.74, 6) is -0.246. The molecule has 2 aromatic carbocycles.